The third-order valence-corrected chi connectivity index (χ3v) is 4.67. The zero-order valence-corrected chi connectivity index (χ0v) is 16.4. The van der Waals surface area contributed by atoms with Crippen molar-refractivity contribution in [3.63, 3.8) is 0 Å². The van der Waals surface area contributed by atoms with E-state index in [1.54, 1.807) is 12.5 Å². The predicted molar refractivity (Wildman–Crippen MR) is 107 cm³/mol. The van der Waals surface area contributed by atoms with Crippen molar-refractivity contribution in [1.82, 2.24) is 10.3 Å². The first-order valence-corrected chi connectivity index (χ1v) is 9.55. The average molecular weight is 382 g/mol. The summed E-state index contributed by atoms with van der Waals surface area (Å²) in [5.41, 5.74) is 2.39. The summed E-state index contributed by atoms with van der Waals surface area (Å²) < 4.78 is 11.1. The quantitative estimate of drug-likeness (QED) is 0.652. The average Bonchev–Trinajstić information content (AvgIpc) is 3.17. The van der Waals surface area contributed by atoms with Crippen molar-refractivity contribution in [2.75, 3.05) is 7.11 Å². The van der Waals surface area contributed by atoms with Gasteiger partial charge >= 0.3 is 0 Å². The van der Waals surface area contributed by atoms with Gasteiger partial charge in [0.05, 0.1) is 7.11 Å². The fraction of sp³-hybridized carbons (Fsp3) is 0.238. The predicted octanol–water partition coefficient (Wildman–Crippen LogP) is 4.54. The number of rotatable bonds is 7. The molecule has 0 saturated heterocycles. The van der Waals surface area contributed by atoms with Crippen LogP contribution in [0.1, 0.15) is 29.9 Å². The summed E-state index contributed by atoms with van der Waals surface area (Å²) in [6, 6.07) is 15.6. The van der Waals surface area contributed by atoms with Crippen molar-refractivity contribution in [1.29, 1.82) is 0 Å². The minimum atomic E-state index is -0.155. The Labute approximate surface area is 163 Å². The molecule has 0 saturated carbocycles. The third kappa shape index (κ3) is 5.08. The zero-order chi connectivity index (χ0) is 19.2. The van der Waals surface area contributed by atoms with E-state index >= 15 is 0 Å². The van der Waals surface area contributed by atoms with E-state index in [4.69, 9.17) is 9.47 Å². The van der Waals surface area contributed by atoms with Gasteiger partial charge in [-0.1, -0.05) is 24.3 Å². The van der Waals surface area contributed by atoms with Crippen LogP contribution in [0.4, 0.5) is 0 Å². The van der Waals surface area contributed by atoms with Gasteiger partial charge < -0.3 is 14.8 Å². The molecule has 1 aromatic heterocycles. The van der Waals surface area contributed by atoms with Crippen LogP contribution in [0.25, 0.3) is 10.6 Å². The fourth-order valence-corrected chi connectivity index (χ4v) is 3.29. The van der Waals surface area contributed by atoms with Crippen LogP contribution in [0.5, 0.6) is 11.5 Å². The van der Waals surface area contributed by atoms with Gasteiger partial charge in [0.1, 0.15) is 28.8 Å². The number of benzene rings is 2. The van der Waals surface area contributed by atoms with E-state index in [0.29, 0.717) is 12.3 Å². The topological polar surface area (TPSA) is 60.5 Å². The second-order valence-corrected chi connectivity index (χ2v) is 7.19. The summed E-state index contributed by atoms with van der Waals surface area (Å²) in [4.78, 5) is 16.5. The smallest absolute Gasteiger partial charge is 0.270 e. The van der Waals surface area contributed by atoms with Crippen LogP contribution < -0.4 is 14.8 Å². The summed E-state index contributed by atoms with van der Waals surface area (Å²) in [7, 11) is 1.65. The van der Waals surface area contributed by atoms with Gasteiger partial charge in [-0.2, -0.15) is 0 Å². The van der Waals surface area contributed by atoms with Crippen LogP contribution in [-0.4, -0.2) is 24.0 Å². The van der Waals surface area contributed by atoms with Gasteiger partial charge in [0.15, 0.2) is 0 Å². The van der Waals surface area contributed by atoms with E-state index in [9.17, 15) is 4.79 Å². The molecule has 1 N–H and O–H groups in total. The van der Waals surface area contributed by atoms with Crippen LogP contribution in [0, 0.1) is 0 Å². The maximum atomic E-state index is 12.1. The number of carbonyl (C=O) groups excluding carboxylic acids is 1. The highest BCUT2D eigenvalue weighted by Crippen LogP contribution is 2.27. The van der Waals surface area contributed by atoms with Gasteiger partial charge in [0.25, 0.3) is 5.91 Å². The molecule has 1 heterocycles. The van der Waals surface area contributed by atoms with Crippen LogP contribution in [-0.2, 0) is 6.61 Å². The van der Waals surface area contributed by atoms with Crippen molar-refractivity contribution < 1.29 is 14.3 Å². The summed E-state index contributed by atoms with van der Waals surface area (Å²) >= 11 is 1.44. The normalized spacial score (nSPS) is 10.7. The van der Waals surface area contributed by atoms with Gasteiger partial charge in [-0.3, -0.25) is 4.79 Å². The van der Waals surface area contributed by atoms with E-state index in [1.165, 1.54) is 11.3 Å². The molecule has 27 heavy (non-hydrogen) atoms. The Morgan fingerprint density at radius 2 is 1.93 bits per heavy atom. The number of thiazole rings is 1. The lowest BCUT2D eigenvalue weighted by Crippen LogP contribution is -2.30. The van der Waals surface area contributed by atoms with Crippen LogP contribution in [0.2, 0.25) is 0 Å². The molecular weight excluding hydrogens is 360 g/mol. The Hall–Kier alpha value is -2.86. The van der Waals surface area contributed by atoms with Gasteiger partial charge in [0.2, 0.25) is 0 Å². The number of hydrogen-bond acceptors (Lipinski definition) is 5. The number of carbonyl (C=O) groups is 1. The molecule has 6 heteroatoms. The Balaban J connectivity index is 1.70. The highest BCUT2D eigenvalue weighted by molar-refractivity contribution is 7.13. The zero-order valence-electron chi connectivity index (χ0n) is 15.6. The monoisotopic (exact) mass is 382 g/mol. The van der Waals surface area contributed by atoms with Crippen LogP contribution >= 0.6 is 11.3 Å². The number of aromatic nitrogens is 1. The Bertz CT molecular complexity index is 921. The standard InChI is InChI=1S/C21H22N2O3S/c1-14(2)22-20(24)19-13-27-21(23-19)16-7-5-9-18(11-16)26-12-15-6-4-8-17(10-15)25-3/h4-11,13-14H,12H2,1-3H3,(H,22,24). The van der Waals surface area contributed by atoms with Crippen molar-refractivity contribution in [3.8, 4) is 22.1 Å². The first kappa shape index (κ1) is 18.9. The lowest BCUT2D eigenvalue weighted by Gasteiger charge is -2.08. The van der Waals surface area contributed by atoms with Crippen molar-refractivity contribution in [3.05, 3.63) is 65.2 Å². The lowest BCUT2D eigenvalue weighted by molar-refractivity contribution is 0.0939. The number of ether oxygens (including phenoxy) is 2. The number of methoxy groups -OCH3 is 1. The molecule has 0 bridgehead atoms. The van der Waals surface area contributed by atoms with E-state index in [2.05, 4.69) is 10.3 Å². The molecule has 3 rings (SSSR count). The Morgan fingerprint density at radius 1 is 1.15 bits per heavy atom. The molecule has 0 aliphatic rings. The molecular formula is C21H22N2O3S. The van der Waals surface area contributed by atoms with Gasteiger partial charge in [0, 0.05) is 17.0 Å². The SMILES string of the molecule is COc1cccc(COc2cccc(-c3nc(C(=O)NC(C)C)cs3)c2)c1. The molecule has 0 radical (unpaired) electrons. The van der Waals surface area contributed by atoms with E-state index in [-0.39, 0.29) is 11.9 Å². The number of amides is 1. The maximum Gasteiger partial charge on any atom is 0.270 e. The van der Waals surface area contributed by atoms with E-state index < -0.39 is 0 Å². The molecule has 3 aromatic rings. The second-order valence-electron chi connectivity index (χ2n) is 6.33. The van der Waals surface area contributed by atoms with Crippen molar-refractivity contribution in [2.24, 2.45) is 0 Å². The minimum Gasteiger partial charge on any atom is -0.497 e. The first-order chi connectivity index (χ1) is 13.0. The molecule has 0 unspecified atom stereocenters. The number of nitrogens with one attached hydrogen (secondary N) is 1. The largest absolute Gasteiger partial charge is 0.497 e. The molecule has 0 spiro atoms. The first-order valence-electron chi connectivity index (χ1n) is 8.67. The molecule has 0 atom stereocenters. The fourth-order valence-electron chi connectivity index (χ4n) is 2.49. The highest BCUT2D eigenvalue weighted by atomic mass is 32.1. The van der Waals surface area contributed by atoms with E-state index in [1.807, 2.05) is 62.4 Å². The van der Waals surface area contributed by atoms with Crippen molar-refractivity contribution >= 4 is 17.2 Å². The highest BCUT2D eigenvalue weighted by Gasteiger charge is 2.13. The van der Waals surface area contributed by atoms with Gasteiger partial charge in [-0.15, -0.1) is 11.3 Å². The molecule has 0 aliphatic heterocycles. The van der Waals surface area contributed by atoms with Crippen LogP contribution in [0.15, 0.2) is 53.9 Å². The molecule has 5 nitrogen and oxygen atoms in total. The molecule has 0 aliphatic carbocycles. The molecule has 0 fully saturated rings. The molecule has 2 aromatic carbocycles. The molecule has 140 valence electrons. The summed E-state index contributed by atoms with van der Waals surface area (Å²) in [5, 5.41) is 5.42. The Kier molecular flexibility index (Phi) is 6.08. The van der Waals surface area contributed by atoms with Gasteiger partial charge in [-0.25, -0.2) is 4.98 Å². The summed E-state index contributed by atoms with van der Waals surface area (Å²) in [6.07, 6.45) is 0. The second kappa shape index (κ2) is 8.68. The maximum absolute atomic E-state index is 12.1. The molecule has 1 amide bonds. The van der Waals surface area contributed by atoms with Crippen molar-refractivity contribution in [2.45, 2.75) is 26.5 Å². The summed E-state index contributed by atoms with van der Waals surface area (Å²) in [5.74, 6) is 1.40. The summed E-state index contributed by atoms with van der Waals surface area (Å²) in [6.45, 7) is 4.29. The Morgan fingerprint density at radius 3 is 2.70 bits per heavy atom. The third-order valence-electron chi connectivity index (χ3n) is 3.78. The number of nitrogens with zero attached hydrogens (tertiary/aromatic N) is 1. The van der Waals surface area contributed by atoms with Crippen LogP contribution in [0.3, 0.4) is 0 Å². The number of hydrogen-bond donors (Lipinski definition) is 1. The minimum absolute atomic E-state index is 0.0796. The lowest BCUT2D eigenvalue weighted by atomic mass is 10.2. The van der Waals surface area contributed by atoms with E-state index in [0.717, 1.165) is 27.6 Å². The van der Waals surface area contributed by atoms with Gasteiger partial charge in [-0.05, 0) is 43.7 Å².